The lowest BCUT2D eigenvalue weighted by Crippen LogP contribution is -2.42. The van der Waals surface area contributed by atoms with Crippen molar-refractivity contribution in [1.82, 2.24) is 0 Å². The summed E-state index contributed by atoms with van der Waals surface area (Å²) in [5, 5.41) is 19.2. The maximum Gasteiger partial charge on any atom is 0.310 e. The zero-order chi connectivity index (χ0) is 16.3. The summed E-state index contributed by atoms with van der Waals surface area (Å²) in [6, 6.07) is 0. The SMILES string of the molecule is CCCCCCCC(CCC)(C(=O)O)C(CCC)C(=O)O. The second-order valence-corrected chi connectivity index (χ2v) is 6.06. The molecule has 21 heavy (non-hydrogen) atoms. The second kappa shape index (κ2) is 10.6. The maximum atomic E-state index is 11.9. The first-order valence-corrected chi connectivity index (χ1v) is 8.42. The van der Waals surface area contributed by atoms with Crippen LogP contribution >= 0.6 is 0 Å². The van der Waals surface area contributed by atoms with Gasteiger partial charge >= 0.3 is 11.9 Å². The highest BCUT2D eigenvalue weighted by Crippen LogP contribution is 2.41. The number of rotatable bonds is 13. The lowest BCUT2D eigenvalue weighted by molar-refractivity contribution is -0.164. The van der Waals surface area contributed by atoms with Gasteiger partial charge in [0.1, 0.15) is 0 Å². The van der Waals surface area contributed by atoms with Gasteiger partial charge in [-0.05, 0) is 19.3 Å². The average Bonchev–Trinajstić information content (AvgIpc) is 2.43. The molecule has 0 amide bonds. The van der Waals surface area contributed by atoms with Crippen molar-refractivity contribution in [3.05, 3.63) is 0 Å². The van der Waals surface area contributed by atoms with Crippen LogP contribution in [0.3, 0.4) is 0 Å². The van der Waals surface area contributed by atoms with Gasteiger partial charge in [-0.15, -0.1) is 0 Å². The molecule has 0 fully saturated rings. The smallest absolute Gasteiger partial charge is 0.310 e. The van der Waals surface area contributed by atoms with Crippen molar-refractivity contribution < 1.29 is 19.8 Å². The summed E-state index contributed by atoms with van der Waals surface area (Å²) in [5.41, 5.74) is -1.09. The van der Waals surface area contributed by atoms with E-state index in [4.69, 9.17) is 0 Å². The van der Waals surface area contributed by atoms with E-state index in [0.29, 0.717) is 32.1 Å². The molecule has 0 heterocycles. The summed E-state index contributed by atoms with van der Waals surface area (Å²) in [5.74, 6) is -2.66. The first kappa shape index (κ1) is 19.9. The average molecular weight is 300 g/mol. The molecule has 0 saturated carbocycles. The molecule has 0 rings (SSSR count). The third-order valence-corrected chi connectivity index (χ3v) is 4.39. The van der Waals surface area contributed by atoms with Gasteiger partial charge in [-0.1, -0.05) is 65.7 Å². The van der Waals surface area contributed by atoms with Gasteiger partial charge in [0.15, 0.2) is 0 Å². The predicted molar refractivity (Wildman–Crippen MR) is 84.4 cm³/mol. The summed E-state index contributed by atoms with van der Waals surface area (Å²) in [4.78, 5) is 23.5. The third kappa shape index (κ3) is 6.06. The molecule has 0 radical (unpaired) electrons. The largest absolute Gasteiger partial charge is 0.481 e. The Hall–Kier alpha value is -1.06. The van der Waals surface area contributed by atoms with E-state index in [-0.39, 0.29) is 0 Å². The quantitative estimate of drug-likeness (QED) is 0.483. The molecule has 2 N–H and O–H groups in total. The van der Waals surface area contributed by atoms with E-state index in [1.54, 1.807) is 0 Å². The Balaban J connectivity index is 5.04. The Morgan fingerprint density at radius 2 is 1.48 bits per heavy atom. The number of unbranched alkanes of at least 4 members (excludes halogenated alkanes) is 4. The van der Waals surface area contributed by atoms with Crippen molar-refractivity contribution in [3.63, 3.8) is 0 Å². The molecule has 0 spiro atoms. The zero-order valence-corrected chi connectivity index (χ0v) is 13.9. The van der Waals surface area contributed by atoms with Crippen LogP contribution in [0.1, 0.15) is 85.0 Å². The Bertz CT molecular complexity index is 314. The molecule has 124 valence electrons. The van der Waals surface area contributed by atoms with E-state index in [0.717, 1.165) is 32.1 Å². The molecule has 4 heteroatoms. The second-order valence-electron chi connectivity index (χ2n) is 6.06. The van der Waals surface area contributed by atoms with Crippen LogP contribution in [0.4, 0.5) is 0 Å². The van der Waals surface area contributed by atoms with E-state index < -0.39 is 23.3 Å². The lowest BCUT2D eigenvalue weighted by Gasteiger charge is -2.35. The van der Waals surface area contributed by atoms with Crippen LogP contribution < -0.4 is 0 Å². The van der Waals surface area contributed by atoms with Crippen molar-refractivity contribution in [1.29, 1.82) is 0 Å². The van der Waals surface area contributed by atoms with Crippen LogP contribution in [-0.2, 0) is 9.59 Å². The van der Waals surface area contributed by atoms with Gasteiger partial charge in [-0.3, -0.25) is 9.59 Å². The molecular weight excluding hydrogens is 268 g/mol. The van der Waals surface area contributed by atoms with E-state index >= 15 is 0 Å². The molecule has 0 aliphatic heterocycles. The molecular formula is C17H32O4. The third-order valence-electron chi connectivity index (χ3n) is 4.39. The number of aliphatic carboxylic acids is 2. The van der Waals surface area contributed by atoms with Gasteiger partial charge in [0.2, 0.25) is 0 Å². The fourth-order valence-corrected chi connectivity index (χ4v) is 3.25. The highest BCUT2D eigenvalue weighted by Gasteiger charge is 2.47. The molecule has 0 aliphatic carbocycles. The summed E-state index contributed by atoms with van der Waals surface area (Å²) < 4.78 is 0. The van der Waals surface area contributed by atoms with Crippen LogP contribution in [0.2, 0.25) is 0 Å². The Labute approximate surface area is 128 Å². The first-order valence-electron chi connectivity index (χ1n) is 8.42. The van der Waals surface area contributed by atoms with Crippen LogP contribution in [0, 0.1) is 11.3 Å². The van der Waals surface area contributed by atoms with E-state index in [2.05, 4.69) is 6.92 Å². The molecule has 2 unspecified atom stereocenters. The van der Waals surface area contributed by atoms with Crippen molar-refractivity contribution in [2.75, 3.05) is 0 Å². The molecule has 0 aromatic carbocycles. The topological polar surface area (TPSA) is 74.6 Å². The van der Waals surface area contributed by atoms with Crippen LogP contribution in [0.5, 0.6) is 0 Å². The fourth-order valence-electron chi connectivity index (χ4n) is 3.25. The predicted octanol–water partition coefficient (Wildman–Crippen LogP) is 4.72. The van der Waals surface area contributed by atoms with Crippen molar-refractivity contribution in [3.8, 4) is 0 Å². The number of hydrogen-bond donors (Lipinski definition) is 2. The molecule has 0 aromatic rings. The minimum atomic E-state index is -1.09. The normalized spacial score (nSPS) is 15.4. The minimum Gasteiger partial charge on any atom is -0.481 e. The standard InChI is InChI=1S/C17H32O4/c1-4-7-8-9-10-13-17(12-6-3,16(20)21)14(11-5-2)15(18)19/h14H,4-13H2,1-3H3,(H,18,19)(H,20,21). The summed E-state index contributed by atoms with van der Waals surface area (Å²) in [6.07, 6.45) is 7.98. The number of carboxylic acids is 2. The number of carbonyl (C=O) groups is 2. The van der Waals surface area contributed by atoms with Gasteiger partial charge in [0.25, 0.3) is 0 Å². The van der Waals surface area contributed by atoms with Crippen LogP contribution in [0.15, 0.2) is 0 Å². The summed E-state index contributed by atoms with van der Waals surface area (Å²) in [6.45, 7) is 5.98. The Morgan fingerprint density at radius 3 is 1.90 bits per heavy atom. The summed E-state index contributed by atoms with van der Waals surface area (Å²) >= 11 is 0. The highest BCUT2D eigenvalue weighted by atomic mass is 16.4. The van der Waals surface area contributed by atoms with E-state index in [9.17, 15) is 19.8 Å². The Morgan fingerprint density at radius 1 is 0.857 bits per heavy atom. The monoisotopic (exact) mass is 300 g/mol. The van der Waals surface area contributed by atoms with Crippen molar-refractivity contribution in [2.24, 2.45) is 11.3 Å². The van der Waals surface area contributed by atoms with Gasteiger partial charge < -0.3 is 10.2 Å². The lowest BCUT2D eigenvalue weighted by atomic mass is 9.67. The molecule has 0 bridgehead atoms. The highest BCUT2D eigenvalue weighted by molar-refractivity contribution is 5.83. The van der Waals surface area contributed by atoms with Gasteiger partial charge in [-0.25, -0.2) is 0 Å². The van der Waals surface area contributed by atoms with Crippen LogP contribution in [-0.4, -0.2) is 22.2 Å². The first-order chi connectivity index (χ1) is 9.96. The number of carboxylic acid groups (broad SMARTS) is 2. The van der Waals surface area contributed by atoms with Gasteiger partial charge in [0, 0.05) is 0 Å². The van der Waals surface area contributed by atoms with E-state index in [1.807, 2.05) is 13.8 Å². The van der Waals surface area contributed by atoms with E-state index in [1.165, 1.54) is 0 Å². The Kier molecular flexibility index (Phi) is 10.1. The summed E-state index contributed by atoms with van der Waals surface area (Å²) in [7, 11) is 0. The van der Waals surface area contributed by atoms with Crippen molar-refractivity contribution in [2.45, 2.75) is 85.0 Å². The van der Waals surface area contributed by atoms with Gasteiger partial charge in [0.05, 0.1) is 11.3 Å². The fraction of sp³-hybridized carbons (Fsp3) is 0.882. The number of hydrogen-bond acceptors (Lipinski definition) is 2. The molecule has 0 aliphatic rings. The molecule has 2 atom stereocenters. The molecule has 0 aromatic heterocycles. The molecule has 4 nitrogen and oxygen atoms in total. The van der Waals surface area contributed by atoms with Crippen LogP contribution in [0.25, 0.3) is 0 Å². The minimum absolute atomic E-state index is 0.441. The zero-order valence-electron chi connectivity index (χ0n) is 13.9. The maximum absolute atomic E-state index is 11.9. The molecule has 0 saturated heterocycles. The van der Waals surface area contributed by atoms with Gasteiger partial charge in [-0.2, -0.15) is 0 Å². The van der Waals surface area contributed by atoms with Crippen molar-refractivity contribution >= 4 is 11.9 Å².